The molecule has 15 heteroatoms. The van der Waals surface area contributed by atoms with Crippen LogP contribution in [0.25, 0.3) is 39.8 Å². The zero-order chi connectivity index (χ0) is 38.9. The second-order valence-corrected chi connectivity index (χ2v) is 22.9. The van der Waals surface area contributed by atoms with Crippen LogP contribution in [0, 0.1) is 33.9 Å². The van der Waals surface area contributed by atoms with Crippen molar-refractivity contribution < 1.29 is 13.1 Å². The van der Waals surface area contributed by atoms with Crippen molar-refractivity contribution in [1.29, 1.82) is 0 Å². The van der Waals surface area contributed by atoms with Gasteiger partial charge < -0.3 is 17.6 Å². The molecule has 0 saturated carbocycles. The van der Waals surface area contributed by atoms with Crippen molar-refractivity contribution in [2.24, 2.45) is 0 Å². The number of allylic oxidation sites excluding steroid dienone is 3. The summed E-state index contributed by atoms with van der Waals surface area (Å²) >= 11 is 17.6. The van der Waals surface area contributed by atoms with E-state index in [4.69, 9.17) is 0 Å². The van der Waals surface area contributed by atoms with Crippen molar-refractivity contribution in [3.05, 3.63) is 155 Å². The average Bonchev–Trinajstić information content (AvgIpc) is 3.82. The second kappa shape index (κ2) is 16.3. The van der Waals surface area contributed by atoms with Crippen LogP contribution in [0.5, 0.6) is 0 Å². The molecule has 0 amide bonds. The Bertz CT molecular complexity index is 2710. The molecular formula is C40H25BF2I6N4S2. The van der Waals surface area contributed by atoms with E-state index < -0.39 is 6.97 Å². The van der Waals surface area contributed by atoms with Gasteiger partial charge in [0, 0.05) is 60.5 Å². The van der Waals surface area contributed by atoms with Crippen molar-refractivity contribution in [1.82, 2.24) is 14.4 Å². The molecule has 55 heavy (non-hydrogen) atoms. The Labute approximate surface area is 407 Å². The van der Waals surface area contributed by atoms with Crippen molar-refractivity contribution in [3.63, 3.8) is 0 Å². The lowest BCUT2D eigenvalue weighted by atomic mass is 9.83. The molecule has 0 saturated heterocycles. The Kier molecular flexibility index (Phi) is 12.1. The van der Waals surface area contributed by atoms with E-state index in [0.717, 1.165) is 79.9 Å². The number of halogens is 8. The fraction of sp³-hybridized carbons (Fsp3) is 0.0750. The minimum atomic E-state index is -4.47. The third-order valence-electron chi connectivity index (χ3n) is 9.65. The predicted molar refractivity (Wildman–Crippen MR) is 278 cm³/mol. The molecule has 2 aliphatic heterocycles. The molecule has 1 aromatic carbocycles. The van der Waals surface area contributed by atoms with Crippen LogP contribution < -0.4 is 0 Å². The Balaban J connectivity index is 1.55. The number of nitrogens with zero attached hydrogens (tertiary/aromatic N) is 4. The molecule has 276 valence electrons. The van der Waals surface area contributed by atoms with E-state index >= 15 is 8.63 Å². The summed E-state index contributed by atoms with van der Waals surface area (Å²) in [6.45, 7) is 1.62. The van der Waals surface area contributed by atoms with Crippen molar-refractivity contribution in [3.8, 4) is 10.4 Å². The number of thiophene rings is 2. The lowest BCUT2D eigenvalue weighted by Crippen LogP contribution is -2.51. The van der Waals surface area contributed by atoms with Gasteiger partial charge in [0.2, 0.25) is 0 Å². The molecule has 0 fully saturated rings. The number of pyridine rings is 2. The summed E-state index contributed by atoms with van der Waals surface area (Å²) in [4.78, 5) is 10.4. The largest absolute Gasteiger partial charge is 0.737 e. The van der Waals surface area contributed by atoms with E-state index in [1.54, 1.807) is 47.5 Å². The number of aromatic nitrogens is 3. The highest BCUT2D eigenvalue weighted by Gasteiger charge is 2.58. The first-order valence-corrected chi connectivity index (χ1v) is 24.8. The predicted octanol–water partition coefficient (Wildman–Crippen LogP) is 14.1. The van der Waals surface area contributed by atoms with E-state index in [1.807, 2.05) is 62.4 Å². The molecular weight excluding hydrogens is 1410 g/mol. The van der Waals surface area contributed by atoms with Crippen LogP contribution in [0.1, 0.15) is 51.0 Å². The summed E-state index contributed by atoms with van der Waals surface area (Å²) in [5.74, 6) is 0. The summed E-state index contributed by atoms with van der Waals surface area (Å²) in [6, 6.07) is 15.9. The second-order valence-electron chi connectivity index (χ2n) is 12.9. The molecule has 7 heterocycles. The Hall–Kier alpha value is -0.865. The quantitative estimate of drug-likeness (QED) is 0.118. The van der Waals surface area contributed by atoms with E-state index in [-0.39, 0.29) is 0 Å². The van der Waals surface area contributed by atoms with Crippen molar-refractivity contribution >= 4 is 200 Å². The monoisotopic (exact) mass is 1440 g/mol. The van der Waals surface area contributed by atoms with Gasteiger partial charge in [-0.25, -0.2) is 0 Å². The maximum absolute atomic E-state index is 18.6. The minimum absolute atomic E-state index is 0.475. The highest BCUT2D eigenvalue weighted by Crippen LogP contribution is 2.53. The van der Waals surface area contributed by atoms with E-state index in [9.17, 15) is 0 Å². The number of rotatable bonds is 7. The van der Waals surface area contributed by atoms with Gasteiger partial charge in [-0.3, -0.25) is 9.97 Å². The fourth-order valence-corrected chi connectivity index (χ4v) is 15.6. The first-order chi connectivity index (χ1) is 26.3. The van der Waals surface area contributed by atoms with Crippen LogP contribution in [0.2, 0.25) is 0 Å². The van der Waals surface area contributed by atoms with E-state index in [0.29, 0.717) is 22.8 Å². The van der Waals surface area contributed by atoms with Crippen molar-refractivity contribution in [2.45, 2.75) is 20.8 Å². The Morgan fingerprint density at radius 1 is 0.655 bits per heavy atom. The van der Waals surface area contributed by atoms with E-state index in [1.165, 1.54) is 8.96 Å². The molecule has 0 bridgehead atoms. The Morgan fingerprint density at radius 2 is 1.18 bits per heavy atom. The maximum Gasteiger partial charge on any atom is 0.737 e. The molecule has 6 aromatic rings. The number of fused-ring (bicyclic) bond motifs is 2. The van der Waals surface area contributed by atoms with Gasteiger partial charge >= 0.3 is 6.97 Å². The number of benzene rings is 1. The lowest BCUT2D eigenvalue weighted by molar-refractivity contribution is -0.361. The lowest BCUT2D eigenvalue weighted by Gasteiger charge is -2.34. The van der Waals surface area contributed by atoms with Crippen molar-refractivity contribution in [2.75, 3.05) is 0 Å². The van der Waals surface area contributed by atoms with Gasteiger partial charge in [-0.2, -0.15) is 0 Å². The molecule has 0 aliphatic carbocycles. The molecule has 0 radical (unpaired) electrons. The number of hydrogen-bond donors (Lipinski definition) is 0. The van der Waals surface area contributed by atoms with Gasteiger partial charge in [0.25, 0.3) is 0 Å². The van der Waals surface area contributed by atoms with Gasteiger partial charge in [0.15, 0.2) is 11.4 Å². The molecule has 5 aromatic heterocycles. The zero-order valence-electron chi connectivity index (χ0n) is 28.9. The van der Waals surface area contributed by atoms with Crippen LogP contribution in [0.15, 0.2) is 90.7 Å². The minimum Gasteiger partial charge on any atom is -0.389 e. The Morgan fingerprint density at radius 3 is 1.71 bits per heavy atom. The van der Waals surface area contributed by atoms with Gasteiger partial charge in [0.05, 0.1) is 33.8 Å². The smallest absolute Gasteiger partial charge is 0.389 e. The summed E-state index contributed by atoms with van der Waals surface area (Å²) in [6.07, 6.45) is 14.5. The first kappa shape index (κ1) is 40.9. The van der Waals surface area contributed by atoms with Crippen LogP contribution >= 0.6 is 158 Å². The van der Waals surface area contributed by atoms with E-state index in [2.05, 4.69) is 177 Å². The molecule has 8 rings (SSSR count). The third-order valence-corrected chi connectivity index (χ3v) is 24.0. The van der Waals surface area contributed by atoms with Gasteiger partial charge in [-0.1, -0.05) is 35.9 Å². The van der Waals surface area contributed by atoms with Gasteiger partial charge in [-0.05, 0) is 215 Å². The summed E-state index contributed by atoms with van der Waals surface area (Å²) in [5, 5.41) is 0. The molecule has 0 N–H and O–H groups in total. The van der Waals surface area contributed by atoms with Crippen LogP contribution in [0.4, 0.5) is 8.63 Å². The summed E-state index contributed by atoms with van der Waals surface area (Å²) < 4.78 is 46.6. The number of aryl methyl sites for hydroxylation is 1. The molecule has 0 atom stereocenters. The summed E-state index contributed by atoms with van der Waals surface area (Å²) in [7, 11) is 0. The average molecular weight is 1440 g/mol. The summed E-state index contributed by atoms with van der Waals surface area (Å²) in [5.41, 5.74) is 9.91. The van der Waals surface area contributed by atoms with Crippen LogP contribution in [-0.2, 0) is 0 Å². The highest BCUT2D eigenvalue weighted by atomic mass is 127. The van der Waals surface area contributed by atoms with Gasteiger partial charge in [0.1, 0.15) is 0 Å². The normalized spacial score (nSPS) is 15.3. The van der Waals surface area contributed by atoms with Gasteiger partial charge in [-0.15, -0.1) is 22.7 Å². The first-order valence-electron chi connectivity index (χ1n) is 16.7. The standard InChI is InChI=1S/C40H25BF2I6N4S2/c1-20-4-8-25(9-5-20)30-35-21(2)28(37-31(44)33(46)39(48)54-37)26(10-6-23-12-16-50-17-13-23)52(35)41(42,43)53-27(11-7-24-14-18-51-19-15-24)29(22(3)36(30)53)38-32(45)34(47)40(49)55-38/h4-19H,1-3H3/b10-6+,11-7+. The molecule has 0 unspecified atom stereocenters. The SMILES string of the molecule is CC1=C(c2sc(I)c(I)c2I)C(/C=C/c2ccncc2)=[N+]2C1=C(c1ccc(C)cc1)c1c(C)c(-c3sc(I)c(I)c3I)c(/C=C/c3ccncc3)n1[B-]2(F)F. The fourth-order valence-electron chi connectivity index (χ4n) is 7.20. The highest BCUT2D eigenvalue weighted by molar-refractivity contribution is 14.1. The number of hydrogen-bond acceptors (Lipinski definition) is 4. The molecule has 4 nitrogen and oxygen atoms in total. The topological polar surface area (TPSA) is 33.7 Å². The van der Waals surface area contributed by atoms with Crippen LogP contribution in [-0.4, -0.2) is 31.6 Å². The molecule has 2 aliphatic rings. The zero-order valence-corrected chi connectivity index (χ0v) is 43.5. The van der Waals surface area contributed by atoms with Crippen LogP contribution in [0.3, 0.4) is 0 Å². The molecule has 0 spiro atoms. The third kappa shape index (κ3) is 7.18. The maximum atomic E-state index is 18.6.